The summed E-state index contributed by atoms with van der Waals surface area (Å²) >= 11 is 0. The first kappa shape index (κ1) is 32.0. The van der Waals surface area contributed by atoms with E-state index in [9.17, 15) is 34.5 Å². The monoisotopic (exact) mass is 540 g/mol. The summed E-state index contributed by atoms with van der Waals surface area (Å²) in [5, 5.41) is 38.5. The van der Waals surface area contributed by atoms with Crippen molar-refractivity contribution in [3.05, 3.63) is 71.8 Å². The van der Waals surface area contributed by atoms with Gasteiger partial charge in [-0.15, -0.1) is 0 Å². The van der Waals surface area contributed by atoms with Gasteiger partial charge in [0.25, 0.3) is 0 Å². The number of hydrogen-bond donors (Lipinski definition) is 5. The molecule has 2 aromatic rings. The second-order valence-corrected chi connectivity index (χ2v) is 11.2. The molecule has 0 fully saturated rings. The number of likely N-dealkylation sites (N-methyl/N-ethyl adjacent to an activating group) is 2. The van der Waals surface area contributed by atoms with E-state index in [4.69, 9.17) is 0 Å². The number of carbonyl (C=O) groups is 4. The lowest BCUT2D eigenvalue weighted by Gasteiger charge is -2.38. The molecule has 2 aromatic carbocycles. The molecule has 2 rings (SSSR count). The summed E-state index contributed by atoms with van der Waals surface area (Å²) < 4.78 is 0. The maximum absolute atomic E-state index is 13.8. The Hall–Kier alpha value is -3.24. The maximum Gasteiger partial charge on any atom is 0.344 e. The average molecular weight is 541 g/mol. The van der Waals surface area contributed by atoms with Crippen molar-refractivity contribution in [2.24, 2.45) is 5.41 Å². The van der Waals surface area contributed by atoms with Crippen LogP contribution in [0.1, 0.15) is 44.7 Å². The molecule has 0 aliphatic carbocycles. The third kappa shape index (κ3) is 8.12. The zero-order valence-corrected chi connectivity index (χ0v) is 23.2. The number of Topliss-reactive ketones (excluding diaryl/α,β-unsaturated/α-hetero) is 3. The van der Waals surface area contributed by atoms with E-state index in [0.29, 0.717) is 0 Å². The standard InChI is InChI=1S/C30H40N2O7/c1-28(2,3)19-30(39,25(34)23(32-5)17-21-14-10-7-11-15-21)26(35)29(38,27(36)37)18-24(33)22(31-4)16-20-12-8-6-9-13-20/h6-15,22-23,31-32,38-39H,16-19H2,1-5H3,(H,36,37)/t22-,23+,29?,30?/m1/s1. The molecule has 0 bridgehead atoms. The van der Waals surface area contributed by atoms with Crippen LogP contribution in [0, 0.1) is 5.41 Å². The second-order valence-electron chi connectivity index (χ2n) is 11.2. The summed E-state index contributed by atoms with van der Waals surface area (Å²) in [7, 11) is 3.00. The first-order chi connectivity index (χ1) is 18.2. The van der Waals surface area contributed by atoms with Crippen molar-refractivity contribution < 1.29 is 34.5 Å². The molecule has 0 aliphatic heterocycles. The highest BCUT2D eigenvalue weighted by Crippen LogP contribution is 2.34. The highest BCUT2D eigenvalue weighted by atomic mass is 16.4. The van der Waals surface area contributed by atoms with Crippen molar-refractivity contribution in [2.75, 3.05) is 14.1 Å². The van der Waals surface area contributed by atoms with E-state index in [1.54, 1.807) is 75.4 Å². The highest BCUT2D eigenvalue weighted by molar-refractivity contribution is 6.22. The predicted octanol–water partition coefficient (Wildman–Crippen LogP) is 1.73. The van der Waals surface area contributed by atoms with Crippen molar-refractivity contribution in [3.63, 3.8) is 0 Å². The molecule has 0 amide bonds. The minimum Gasteiger partial charge on any atom is -0.479 e. The molecule has 0 saturated heterocycles. The summed E-state index contributed by atoms with van der Waals surface area (Å²) in [6.45, 7) is 5.02. The molecule has 0 saturated carbocycles. The van der Waals surface area contributed by atoms with E-state index < -0.39 is 64.9 Å². The fourth-order valence-corrected chi connectivity index (χ4v) is 4.71. The Kier molecular flexibility index (Phi) is 10.8. The molecule has 0 aliphatic rings. The number of aliphatic hydroxyl groups is 2. The number of benzene rings is 2. The summed E-state index contributed by atoms with van der Waals surface area (Å²) in [5.74, 6) is -5.37. The molecule has 9 nitrogen and oxygen atoms in total. The molecule has 0 spiro atoms. The van der Waals surface area contributed by atoms with Gasteiger partial charge in [0.15, 0.2) is 17.2 Å². The van der Waals surface area contributed by atoms with Crippen LogP contribution in [0.5, 0.6) is 0 Å². The Bertz CT molecular complexity index is 1150. The molecule has 0 aromatic heterocycles. The van der Waals surface area contributed by atoms with Crippen LogP contribution in [0.2, 0.25) is 0 Å². The molecular weight excluding hydrogens is 500 g/mol. The molecule has 5 N–H and O–H groups in total. The van der Waals surface area contributed by atoms with Crippen LogP contribution in [0.15, 0.2) is 60.7 Å². The molecule has 212 valence electrons. The van der Waals surface area contributed by atoms with Gasteiger partial charge in [-0.25, -0.2) is 4.79 Å². The summed E-state index contributed by atoms with van der Waals surface area (Å²) in [4.78, 5) is 53.1. The number of nitrogens with one attached hydrogen (secondary N) is 2. The van der Waals surface area contributed by atoms with Gasteiger partial charge in [0.1, 0.15) is 0 Å². The van der Waals surface area contributed by atoms with Crippen molar-refractivity contribution >= 4 is 23.3 Å². The van der Waals surface area contributed by atoms with Crippen LogP contribution < -0.4 is 10.6 Å². The van der Waals surface area contributed by atoms with Gasteiger partial charge in [-0.05, 0) is 49.9 Å². The minimum absolute atomic E-state index is 0.110. The van der Waals surface area contributed by atoms with Gasteiger partial charge in [-0.2, -0.15) is 0 Å². The van der Waals surface area contributed by atoms with Crippen molar-refractivity contribution in [3.8, 4) is 0 Å². The Morgan fingerprint density at radius 1 is 0.744 bits per heavy atom. The SMILES string of the molecule is CN[C@@H](Cc1ccccc1)C(=O)C(O)(CC(C)(C)C)C(=O)C(O)(CC(=O)[C@@H](Cc1ccccc1)NC)C(=O)O. The summed E-state index contributed by atoms with van der Waals surface area (Å²) in [6.07, 6.45) is -1.29. The highest BCUT2D eigenvalue weighted by Gasteiger charge is 2.59. The Balaban J connectivity index is 2.46. The van der Waals surface area contributed by atoms with Gasteiger partial charge in [-0.1, -0.05) is 81.4 Å². The first-order valence-electron chi connectivity index (χ1n) is 12.9. The third-order valence-corrected chi connectivity index (χ3v) is 6.70. The number of ketones is 3. The van der Waals surface area contributed by atoms with E-state index in [1.807, 2.05) is 6.07 Å². The summed E-state index contributed by atoms with van der Waals surface area (Å²) in [5.41, 5.74) is -5.51. The Morgan fingerprint density at radius 3 is 1.56 bits per heavy atom. The van der Waals surface area contributed by atoms with Gasteiger partial charge >= 0.3 is 5.97 Å². The Morgan fingerprint density at radius 2 is 1.18 bits per heavy atom. The lowest BCUT2D eigenvalue weighted by molar-refractivity contribution is -0.181. The normalized spacial score (nSPS) is 16.4. The van der Waals surface area contributed by atoms with Gasteiger partial charge in [0.2, 0.25) is 11.4 Å². The minimum atomic E-state index is -3.33. The van der Waals surface area contributed by atoms with E-state index >= 15 is 0 Å². The number of carboxylic acid groups (broad SMARTS) is 1. The molecule has 0 heterocycles. The number of carbonyl (C=O) groups excluding carboxylic acids is 3. The van der Waals surface area contributed by atoms with Crippen molar-refractivity contribution in [1.82, 2.24) is 10.6 Å². The molecule has 9 heteroatoms. The van der Waals surface area contributed by atoms with Crippen LogP contribution in [0.4, 0.5) is 0 Å². The molecule has 39 heavy (non-hydrogen) atoms. The van der Waals surface area contributed by atoms with Gasteiger partial charge in [0.05, 0.1) is 18.5 Å². The summed E-state index contributed by atoms with van der Waals surface area (Å²) in [6, 6.07) is 15.9. The van der Waals surface area contributed by atoms with Crippen molar-refractivity contribution in [1.29, 1.82) is 0 Å². The lowest BCUT2D eigenvalue weighted by Crippen LogP contribution is -2.65. The predicted molar refractivity (Wildman–Crippen MR) is 147 cm³/mol. The smallest absolute Gasteiger partial charge is 0.344 e. The third-order valence-electron chi connectivity index (χ3n) is 6.70. The quantitative estimate of drug-likeness (QED) is 0.213. The zero-order valence-electron chi connectivity index (χ0n) is 23.2. The Labute approximate surface area is 229 Å². The fourth-order valence-electron chi connectivity index (χ4n) is 4.71. The molecule has 4 atom stereocenters. The van der Waals surface area contributed by atoms with Crippen LogP contribution in [0.25, 0.3) is 0 Å². The van der Waals surface area contributed by atoms with Crippen LogP contribution in [-0.4, -0.2) is 76.0 Å². The van der Waals surface area contributed by atoms with Crippen LogP contribution in [-0.2, 0) is 32.0 Å². The number of rotatable bonds is 15. The number of hydrogen-bond acceptors (Lipinski definition) is 8. The molecule has 0 radical (unpaired) electrons. The number of carboxylic acids is 1. The largest absolute Gasteiger partial charge is 0.479 e. The maximum atomic E-state index is 13.8. The lowest BCUT2D eigenvalue weighted by atomic mass is 9.70. The number of aliphatic carboxylic acids is 1. The van der Waals surface area contributed by atoms with Crippen LogP contribution in [0.3, 0.4) is 0 Å². The first-order valence-corrected chi connectivity index (χ1v) is 12.9. The van der Waals surface area contributed by atoms with Crippen molar-refractivity contribution in [2.45, 2.75) is 69.7 Å². The molecular formula is C30H40N2O7. The van der Waals surface area contributed by atoms with E-state index in [0.717, 1.165) is 11.1 Å². The van der Waals surface area contributed by atoms with E-state index in [-0.39, 0.29) is 12.8 Å². The fraction of sp³-hybridized carbons (Fsp3) is 0.467. The van der Waals surface area contributed by atoms with Gasteiger partial charge in [0, 0.05) is 0 Å². The van der Waals surface area contributed by atoms with E-state index in [1.165, 1.54) is 14.1 Å². The molecule has 2 unspecified atom stereocenters. The average Bonchev–Trinajstić information content (AvgIpc) is 2.89. The van der Waals surface area contributed by atoms with Crippen LogP contribution >= 0.6 is 0 Å². The second kappa shape index (κ2) is 13.2. The van der Waals surface area contributed by atoms with E-state index in [2.05, 4.69) is 10.6 Å². The van der Waals surface area contributed by atoms with Gasteiger partial charge in [-0.3, -0.25) is 14.4 Å². The zero-order chi connectivity index (χ0) is 29.4. The topological polar surface area (TPSA) is 153 Å². The van der Waals surface area contributed by atoms with Gasteiger partial charge < -0.3 is 26.0 Å².